The van der Waals surface area contributed by atoms with Gasteiger partial charge in [-0.25, -0.2) is 0 Å². The molecular weight excluding hydrogens is 270 g/mol. The molecule has 5 heteroatoms. The fraction of sp³-hybridized carbons (Fsp3) is 0.312. The van der Waals surface area contributed by atoms with Crippen LogP contribution in [0.2, 0.25) is 0 Å². The van der Waals surface area contributed by atoms with Gasteiger partial charge in [0, 0.05) is 0 Å². The van der Waals surface area contributed by atoms with Crippen LogP contribution in [0, 0.1) is 5.92 Å². The van der Waals surface area contributed by atoms with Crippen LogP contribution in [0.5, 0.6) is 11.5 Å². The van der Waals surface area contributed by atoms with E-state index in [-0.39, 0.29) is 11.8 Å². The molecule has 2 heterocycles. The fourth-order valence-electron chi connectivity index (χ4n) is 2.40. The molecule has 0 saturated heterocycles. The fourth-order valence-corrected chi connectivity index (χ4v) is 2.40. The molecule has 110 valence electrons. The van der Waals surface area contributed by atoms with Crippen LogP contribution in [0.15, 0.2) is 41.0 Å². The van der Waals surface area contributed by atoms with Crippen LogP contribution in [0.25, 0.3) is 0 Å². The number of furan rings is 1. The van der Waals surface area contributed by atoms with Crippen LogP contribution in [0.1, 0.15) is 11.3 Å². The molecule has 1 atom stereocenters. The second kappa shape index (κ2) is 5.91. The van der Waals surface area contributed by atoms with Gasteiger partial charge >= 0.3 is 0 Å². The molecule has 0 spiro atoms. The molecule has 0 fully saturated rings. The Hall–Kier alpha value is -2.43. The maximum Gasteiger partial charge on any atom is 0.227 e. The summed E-state index contributed by atoms with van der Waals surface area (Å²) < 4.78 is 16.1. The van der Waals surface area contributed by atoms with Gasteiger partial charge in [0.1, 0.15) is 23.9 Å². The van der Waals surface area contributed by atoms with E-state index in [4.69, 9.17) is 13.9 Å². The van der Waals surface area contributed by atoms with E-state index in [2.05, 4.69) is 5.32 Å². The minimum Gasteiger partial charge on any atom is -0.497 e. The van der Waals surface area contributed by atoms with Gasteiger partial charge in [-0.1, -0.05) is 0 Å². The van der Waals surface area contributed by atoms with E-state index in [1.54, 1.807) is 19.4 Å². The zero-order chi connectivity index (χ0) is 14.7. The number of methoxy groups -OCH3 is 1. The van der Waals surface area contributed by atoms with Crippen molar-refractivity contribution in [3.8, 4) is 11.5 Å². The summed E-state index contributed by atoms with van der Waals surface area (Å²) in [6.45, 7) is 0.788. The highest BCUT2D eigenvalue weighted by molar-refractivity contribution is 5.79. The summed E-state index contributed by atoms with van der Waals surface area (Å²) in [6.07, 6.45) is 2.24. The Balaban J connectivity index is 1.63. The molecule has 1 aliphatic heterocycles. The van der Waals surface area contributed by atoms with Gasteiger partial charge in [-0.3, -0.25) is 4.79 Å². The number of ether oxygens (including phenoxy) is 2. The average Bonchev–Trinajstić information content (AvgIpc) is 3.04. The molecule has 0 aliphatic carbocycles. The molecule has 0 unspecified atom stereocenters. The summed E-state index contributed by atoms with van der Waals surface area (Å²) in [5.74, 6) is 2.11. The maximum atomic E-state index is 12.2. The lowest BCUT2D eigenvalue weighted by molar-refractivity contribution is -0.126. The van der Waals surface area contributed by atoms with Crippen molar-refractivity contribution in [3.05, 3.63) is 47.9 Å². The molecule has 2 aromatic rings. The number of carbonyl (C=O) groups excluding carboxylic acids is 1. The largest absolute Gasteiger partial charge is 0.497 e. The lowest BCUT2D eigenvalue weighted by atomic mass is 9.96. The van der Waals surface area contributed by atoms with Crippen molar-refractivity contribution >= 4 is 5.91 Å². The van der Waals surface area contributed by atoms with Gasteiger partial charge in [0.25, 0.3) is 0 Å². The van der Waals surface area contributed by atoms with Crippen LogP contribution >= 0.6 is 0 Å². The zero-order valence-corrected chi connectivity index (χ0v) is 11.8. The maximum absolute atomic E-state index is 12.2. The number of rotatable bonds is 4. The summed E-state index contributed by atoms with van der Waals surface area (Å²) in [7, 11) is 1.62. The topological polar surface area (TPSA) is 60.7 Å². The first-order valence-corrected chi connectivity index (χ1v) is 6.86. The number of amides is 1. The minimum atomic E-state index is -0.195. The van der Waals surface area contributed by atoms with Crippen LogP contribution in [0.4, 0.5) is 0 Å². The van der Waals surface area contributed by atoms with Gasteiger partial charge in [-0.15, -0.1) is 0 Å². The Morgan fingerprint density at radius 3 is 3.10 bits per heavy atom. The Labute approximate surface area is 122 Å². The molecule has 0 bridgehead atoms. The Morgan fingerprint density at radius 1 is 1.43 bits per heavy atom. The second-order valence-electron chi connectivity index (χ2n) is 4.98. The van der Waals surface area contributed by atoms with Crippen LogP contribution < -0.4 is 14.8 Å². The van der Waals surface area contributed by atoms with Crippen molar-refractivity contribution < 1.29 is 18.7 Å². The van der Waals surface area contributed by atoms with Gasteiger partial charge in [0.05, 0.1) is 25.8 Å². The number of hydrogen-bond acceptors (Lipinski definition) is 4. The van der Waals surface area contributed by atoms with E-state index in [0.717, 1.165) is 22.8 Å². The van der Waals surface area contributed by atoms with Gasteiger partial charge in [0.15, 0.2) is 0 Å². The third-order valence-corrected chi connectivity index (χ3v) is 3.56. The summed E-state index contributed by atoms with van der Waals surface area (Å²) in [5.41, 5.74) is 0.999. The Morgan fingerprint density at radius 2 is 2.33 bits per heavy atom. The van der Waals surface area contributed by atoms with Gasteiger partial charge in [-0.2, -0.15) is 0 Å². The van der Waals surface area contributed by atoms with E-state index in [0.29, 0.717) is 19.6 Å². The van der Waals surface area contributed by atoms with E-state index in [1.807, 2.05) is 24.3 Å². The van der Waals surface area contributed by atoms with Crippen molar-refractivity contribution in [1.29, 1.82) is 0 Å². The van der Waals surface area contributed by atoms with Crippen molar-refractivity contribution in [2.45, 2.75) is 13.0 Å². The monoisotopic (exact) mass is 287 g/mol. The first kappa shape index (κ1) is 13.5. The van der Waals surface area contributed by atoms with E-state index < -0.39 is 0 Å². The lowest BCUT2D eigenvalue weighted by Crippen LogP contribution is -2.36. The van der Waals surface area contributed by atoms with Gasteiger partial charge in [0.2, 0.25) is 5.91 Å². The third kappa shape index (κ3) is 3.02. The molecule has 5 nitrogen and oxygen atoms in total. The summed E-state index contributed by atoms with van der Waals surface area (Å²) in [6, 6.07) is 9.29. The number of fused-ring (bicyclic) bond motifs is 1. The van der Waals surface area contributed by atoms with Gasteiger partial charge in [-0.05, 0) is 42.3 Å². The molecule has 3 rings (SSSR count). The molecule has 1 N–H and O–H groups in total. The molecule has 0 radical (unpaired) electrons. The van der Waals surface area contributed by atoms with Crippen molar-refractivity contribution in [1.82, 2.24) is 5.32 Å². The first-order valence-electron chi connectivity index (χ1n) is 6.86. The number of hydrogen-bond donors (Lipinski definition) is 1. The average molecular weight is 287 g/mol. The number of benzene rings is 1. The van der Waals surface area contributed by atoms with E-state index in [9.17, 15) is 4.79 Å². The predicted octanol–water partition coefficient (Wildman–Crippen LogP) is 2.16. The van der Waals surface area contributed by atoms with Gasteiger partial charge < -0.3 is 19.2 Å². The molecule has 1 aromatic carbocycles. The smallest absolute Gasteiger partial charge is 0.227 e. The normalized spacial score (nSPS) is 16.7. The minimum absolute atomic E-state index is 0.0279. The third-order valence-electron chi connectivity index (χ3n) is 3.56. The van der Waals surface area contributed by atoms with E-state index >= 15 is 0 Å². The highest BCUT2D eigenvalue weighted by Gasteiger charge is 2.26. The van der Waals surface area contributed by atoms with E-state index in [1.165, 1.54) is 0 Å². The molecular formula is C16H17NO4. The number of carbonyl (C=O) groups is 1. The lowest BCUT2D eigenvalue weighted by Gasteiger charge is -2.24. The molecule has 1 aromatic heterocycles. The Bertz CT molecular complexity index is 621. The van der Waals surface area contributed by atoms with Crippen LogP contribution in [-0.2, 0) is 17.8 Å². The summed E-state index contributed by atoms with van der Waals surface area (Å²) >= 11 is 0. The SMILES string of the molecule is COc1ccc2c(c1)C[C@@H](C(=O)NCc1ccco1)CO2. The van der Waals surface area contributed by atoms with Crippen molar-refractivity contribution in [2.75, 3.05) is 13.7 Å². The summed E-state index contributed by atoms with van der Waals surface area (Å²) in [4.78, 5) is 12.2. The van der Waals surface area contributed by atoms with Crippen molar-refractivity contribution in [2.24, 2.45) is 5.92 Å². The van der Waals surface area contributed by atoms with Crippen LogP contribution in [0.3, 0.4) is 0 Å². The highest BCUT2D eigenvalue weighted by Crippen LogP contribution is 2.30. The molecule has 0 saturated carbocycles. The van der Waals surface area contributed by atoms with Crippen LogP contribution in [-0.4, -0.2) is 19.6 Å². The first-order chi connectivity index (χ1) is 10.3. The quantitative estimate of drug-likeness (QED) is 0.936. The summed E-state index contributed by atoms with van der Waals surface area (Å²) in [5, 5.41) is 2.87. The van der Waals surface area contributed by atoms with Crippen molar-refractivity contribution in [3.63, 3.8) is 0 Å². The zero-order valence-electron chi connectivity index (χ0n) is 11.8. The highest BCUT2D eigenvalue weighted by atomic mass is 16.5. The standard InChI is InChI=1S/C16H17NO4/c1-19-13-4-5-15-11(8-13)7-12(10-21-15)16(18)17-9-14-3-2-6-20-14/h2-6,8,12H,7,9-10H2,1H3,(H,17,18)/t12-/m1/s1. The Kier molecular flexibility index (Phi) is 3.81. The molecule has 1 aliphatic rings. The number of nitrogens with one attached hydrogen (secondary N) is 1. The molecule has 21 heavy (non-hydrogen) atoms. The molecule has 1 amide bonds. The second-order valence-corrected chi connectivity index (χ2v) is 4.98. The predicted molar refractivity (Wildman–Crippen MR) is 76.2 cm³/mol.